The molecule has 0 amide bonds. The van der Waals surface area contributed by atoms with E-state index in [-0.39, 0.29) is 33.9 Å². The van der Waals surface area contributed by atoms with Crippen LogP contribution >= 0.6 is 0 Å². The van der Waals surface area contributed by atoms with Crippen LogP contribution in [-0.2, 0) is 15.4 Å². The van der Waals surface area contributed by atoms with E-state index >= 15 is 0 Å². The van der Waals surface area contributed by atoms with Gasteiger partial charge in [-0.05, 0) is 45.2 Å². The normalized spacial score (nSPS) is 16.0. The standard InChI is InChI=1S/C17H20N2O5S/c1-10-5-4-8-18-15(10)17(6-7-17)9-19-25(22,23)14-12(3)24-11(2)13(14)16(20)21/h4-5,8,19H,6-7,9H2,1-3H3,(H,20,21). The van der Waals surface area contributed by atoms with E-state index in [0.29, 0.717) is 0 Å². The molecule has 0 spiro atoms. The van der Waals surface area contributed by atoms with Crippen LogP contribution in [0, 0.1) is 20.8 Å². The van der Waals surface area contributed by atoms with Gasteiger partial charge in [0.1, 0.15) is 22.0 Å². The number of aromatic carboxylic acids is 1. The molecule has 0 atom stereocenters. The van der Waals surface area contributed by atoms with Gasteiger partial charge in [-0.1, -0.05) is 6.07 Å². The average Bonchev–Trinajstić information content (AvgIpc) is 3.24. The van der Waals surface area contributed by atoms with Crippen LogP contribution in [0.1, 0.15) is 46.0 Å². The lowest BCUT2D eigenvalue weighted by atomic mass is 9.98. The minimum Gasteiger partial charge on any atom is -0.478 e. The lowest BCUT2D eigenvalue weighted by Gasteiger charge is -2.17. The Hall–Kier alpha value is -2.19. The second kappa shape index (κ2) is 5.96. The van der Waals surface area contributed by atoms with Crippen LogP contribution in [0.3, 0.4) is 0 Å². The highest BCUT2D eigenvalue weighted by Crippen LogP contribution is 2.48. The molecule has 2 heterocycles. The minimum absolute atomic E-state index is 0.0706. The van der Waals surface area contributed by atoms with Crippen molar-refractivity contribution in [1.29, 1.82) is 0 Å². The van der Waals surface area contributed by atoms with E-state index in [1.165, 1.54) is 13.8 Å². The number of aryl methyl sites for hydroxylation is 3. The highest BCUT2D eigenvalue weighted by Gasteiger charge is 2.47. The summed E-state index contributed by atoms with van der Waals surface area (Å²) in [5.74, 6) is -1.18. The van der Waals surface area contributed by atoms with E-state index in [0.717, 1.165) is 24.1 Å². The number of hydrogen-bond acceptors (Lipinski definition) is 5. The van der Waals surface area contributed by atoms with Crippen molar-refractivity contribution in [3.8, 4) is 0 Å². The third kappa shape index (κ3) is 3.07. The van der Waals surface area contributed by atoms with E-state index in [1.807, 2.05) is 19.1 Å². The third-order valence-electron chi connectivity index (χ3n) is 4.65. The number of carboxylic acid groups (broad SMARTS) is 1. The molecule has 0 unspecified atom stereocenters. The van der Waals surface area contributed by atoms with E-state index in [4.69, 9.17) is 4.42 Å². The zero-order valence-corrected chi connectivity index (χ0v) is 15.1. The first-order chi connectivity index (χ1) is 11.7. The number of aromatic nitrogens is 1. The van der Waals surface area contributed by atoms with Crippen molar-refractivity contribution in [3.63, 3.8) is 0 Å². The van der Waals surface area contributed by atoms with Gasteiger partial charge < -0.3 is 9.52 Å². The Balaban J connectivity index is 1.89. The maximum Gasteiger partial charge on any atom is 0.340 e. The van der Waals surface area contributed by atoms with Crippen LogP contribution in [0.15, 0.2) is 27.6 Å². The van der Waals surface area contributed by atoms with Crippen molar-refractivity contribution in [2.45, 2.75) is 43.9 Å². The summed E-state index contributed by atoms with van der Waals surface area (Å²) < 4.78 is 33.2. The van der Waals surface area contributed by atoms with Crippen LogP contribution in [0.5, 0.6) is 0 Å². The number of hydrogen-bond donors (Lipinski definition) is 2. The second-order valence-corrected chi connectivity index (χ2v) is 8.20. The molecule has 0 aromatic carbocycles. The van der Waals surface area contributed by atoms with Crippen LogP contribution in [0.2, 0.25) is 0 Å². The summed E-state index contributed by atoms with van der Waals surface area (Å²) in [5.41, 5.74) is 1.26. The van der Waals surface area contributed by atoms with Gasteiger partial charge in [0.05, 0.1) is 5.69 Å². The molecule has 1 aliphatic rings. The minimum atomic E-state index is -4.01. The summed E-state index contributed by atoms with van der Waals surface area (Å²) in [6, 6.07) is 3.79. The Labute approximate surface area is 146 Å². The number of carboxylic acids is 1. The van der Waals surface area contributed by atoms with Gasteiger partial charge in [0, 0.05) is 18.2 Å². The molecule has 134 valence electrons. The predicted molar refractivity (Wildman–Crippen MR) is 90.2 cm³/mol. The Bertz CT molecular complexity index is 942. The number of carbonyl (C=O) groups is 1. The van der Waals surface area contributed by atoms with Crippen molar-refractivity contribution >= 4 is 16.0 Å². The van der Waals surface area contributed by atoms with Crippen molar-refractivity contribution in [2.75, 3.05) is 6.54 Å². The average molecular weight is 364 g/mol. The summed E-state index contributed by atoms with van der Waals surface area (Å²) in [5, 5.41) is 9.32. The van der Waals surface area contributed by atoms with Gasteiger partial charge in [-0.3, -0.25) is 4.98 Å². The SMILES string of the molecule is Cc1cccnc1C1(CNS(=O)(=O)c2c(C)oc(C)c2C(=O)O)CC1. The Morgan fingerprint density at radius 2 is 2.00 bits per heavy atom. The first-order valence-corrected chi connectivity index (χ1v) is 9.41. The lowest BCUT2D eigenvalue weighted by Crippen LogP contribution is -2.34. The summed E-state index contributed by atoms with van der Waals surface area (Å²) in [7, 11) is -4.01. The number of nitrogens with zero attached hydrogens (tertiary/aromatic N) is 1. The number of pyridine rings is 1. The topological polar surface area (TPSA) is 110 Å². The zero-order chi connectivity index (χ0) is 18.4. The highest BCUT2D eigenvalue weighted by atomic mass is 32.2. The fourth-order valence-corrected chi connectivity index (χ4v) is 4.76. The van der Waals surface area contributed by atoms with E-state index in [9.17, 15) is 18.3 Å². The Kier molecular flexibility index (Phi) is 4.20. The van der Waals surface area contributed by atoms with E-state index in [1.54, 1.807) is 6.20 Å². The molecule has 0 saturated heterocycles. The molecule has 3 rings (SSSR count). The second-order valence-electron chi connectivity index (χ2n) is 6.50. The first-order valence-electron chi connectivity index (χ1n) is 7.93. The monoisotopic (exact) mass is 364 g/mol. The number of sulfonamides is 1. The molecule has 0 radical (unpaired) electrons. The van der Waals surface area contributed by atoms with Gasteiger partial charge in [-0.25, -0.2) is 17.9 Å². The number of nitrogens with one attached hydrogen (secondary N) is 1. The largest absolute Gasteiger partial charge is 0.478 e. The van der Waals surface area contributed by atoms with E-state index in [2.05, 4.69) is 9.71 Å². The molecule has 1 fully saturated rings. The van der Waals surface area contributed by atoms with Gasteiger partial charge in [-0.2, -0.15) is 0 Å². The number of rotatable bonds is 6. The van der Waals surface area contributed by atoms with Crippen molar-refractivity contribution in [3.05, 3.63) is 46.7 Å². The third-order valence-corrected chi connectivity index (χ3v) is 6.21. The Morgan fingerprint density at radius 1 is 1.32 bits per heavy atom. The highest BCUT2D eigenvalue weighted by molar-refractivity contribution is 7.89. The molecule has 8 heteroatoms. The van der Waals surface area contributed by atoms with Crippen LogP contribution in [-0.4, -0.2) is 31.0 Å². The molecule has 1 saturated carbocycles. The van der Waals surface area contributed by atoms with E-state index < -0.39 is 16.0 Å². The first kappa shape index (κ1) is 17.6. The predicted octanol–water partition coefficient (Wildman–Crippen LogP) is 2.31. The number of furan rings is 1. The molecule has 7 nitrogen and oxygen atoms in total. The molecule has 1 aliphatic carbocycles. The molecule has 2 aromatic heterocycles. The summed E-state index contributed by atoms with van der Waals surface area (Å²) in [4.78, 5) is 15.5. The molecule has 2 N–H and O–H groups in total. The van der Waals surface area contributed by atoms with Crippen LogP contribution in [0.25, 0.3) is 0 Å². The van der Waals surface area contributed by atoms with Gasteiger partial charge in [0.2, 0.25) is 10.0 Å². The smallest absolute Gasteiger partial charge is 0.340 e. The molecule has 0 aliphatic heterocycles. The van der Waals surface area contributed by atoms with Gasteiger partial charge >= 0.3 is 5.97 Å². The van der Waals surface area contributed by atoms with Gasteiger partial charge in [0.25, 0.3) is 0 Å². The molecule has 25 heavy (non-hydrogen) atoms. The Morgan fingerprint density at radius 3 is 2.56 bits per heavy atom. The van der Waals surface area contributed by atoms with Crippen molar-refractivity contribution in [1.82, 2.24) is 9.71 Å². The van der Waals surface area contributed by atoms with Crippen LogP contribution < -0.4 is 4.72 Å². The quantitative estimate of drug-likeness (QED) is 0.814. The molecule has 0 bridgehead atoms. The summed E-state index contributed by atoms with van der Waals surface area (Å²) in [6.07, 6.45) is 3.37. The van der Waals surface area contributed by atoms with Crippen molar-refractivity contribution in [2.24, 2.45) is 0 Å². The summed E-state index contributed by atoms with van der Waals surface area (Å²) >= 11 is 0. The van der Waals surface area contributed by atoms with Gasteiger partial charge in [-0.15, -0.1) is 0 Å². The molecular weight excluding hydrogens is 344 g/mol. The molecule has 2 aromatic rings. The summed E-state index contributed by atoms with van der Waals surface area (Å²) in [6.45, 7) is 5.01. The fraction of sp³-hybridized carbons (Fsp3) is 0.412. The maximum atomic E-state index is 12.7. The molecular formula is C17H20N2O5S. The van der Waals surface area contributed by atoms with Gasteiger partial charge in [0.15, 0.2) is 0 Å². The lowest BCUT2D eigenvalue weighted by molar-refractivity contribution is 0.0691. The van der Waals surface area contributed by atoms with Crippen LogP contribution in [0.4, 0.5) is 0 Å². The zero-order valence-electron chi connectivity index (χ0n) is 14.3. The van der Waals surface area contributed by atoms with Crippen molar-refractivity contribution < 1.29 is 22.7 Å². The maximum absolute atomic E-state index is 12.7. The fourth-order valence-electron chi connectivity index (χ4n) is 3.23.